The predicted octanol–water partition coefficient (Wildman–Crippen LogP) is 5.98. The quantitative estimate of drug-likeness (QED) is 0.351. The summed E-state index contributed by atoms with van der Waals surface area (Å²) in [6.45, 7) is 2.62. The number of aryl methyl sites for hydroxylation is 1. The minimum Gasteiger partial charge on any atom is -0.497 e. The van der Waals surface area contributed by atoms with E-state index in [1.165, 1.54) is 16.9 Å². The van der Waals surface area contributed by atoms with Crippen molar-refractivity contribution < 1.29 is 13.9 Å². The van der Waals surface area contributed by atoms with Gasteiger partial charge in [-0.25, -0.2) is 4.98 Å². The van der Waals surface area contributed by atoms with Crippen molar-refractivity contribution in [2.45, 2.75) is 13.5 Å². The summed E-state index contributed by atoms with van der Waals surface area (Å²) in [5.41, 5.74) is 6.11. The van der Waals surface area contributed by atoms with Crippen LogP contribution in [0.2, 0.25) is 0 Å². The third-order valence-corrected chi connectivity index (χ3v) is 6.06. The Balaban J connectivity index is 1.41. The number of methoxy groups -OCH3 is 1. The molecule has 0 spiro atoms. The Hall–Kier alpha value is -3.84. The number of nitrogens with zero attached hydrogens (tertiary/aromatic N) is 2. The number of ether oxygens (including phenoxy) is 1. The van der Waals surface area contributed by atoms with E-state index in [0.717, 1.165) is 28.1 Å². The van der Waals surface area contributed by atoms with Gasteiger partial charge in [-0.15, -0.1) is 11.3 Å². The van der Waals surface area contributed by atoms with Crippen molar-refractivity contribution in [2.75, 3.05) is 12.4 Å². The van der Waals surface area contributed by atoms with E-state index >= 15 is 0 Å². The van der Waals surface area contributed by atoms with E-state index in [0.29, 0.717) is 23.0 Å². The molecule has 0 radical (unpaired) electrons. The van der Waals surface area contributed by atoms with Crippen LogP contribution in [0, 0.1) is 6.92 Å². The summed E-state index contributed by atoms with van der Waals surface area (Å²) < 4.78 is 12.8. The summed E-state index contributed by atoms with van der Waals surface area (Å²) in [4.78, 5) is 17.8. The molecular weight excluding hydrogens is 422 g/mol. The van der Waals surface area contributed by atoms with Crippen LogP contribution in [-0.2, 0) is 6.54 Å². The molecule has 0 aliphatic carbocycles. The van der Waals surface area contributed by atoms with Gasteiger partial charge in [0.2, 0.25) is 0 Å². The van der Waals surface area contributed by atoms with Crippen LogP contribution >= 0.6 is 11.3 Å². The number of nitrogens with one attached hydrogen (secondary N) is 1. The molecule has 5 rings (SSSR count). The lowest BCUT2D eigenvalue weighted by molar-refractivity contribution is 0.101. The second-order valence-electron chi connectivity index (χ2n) is 7.50. The zero-order chi connectivity index (χ0) is 22.1. The van der Waals surface area contributed by atoms with Crippen LogP contribution in [-0.4, -0.2) is 22.6 Å². The highest BCUT2D eigenvalue weighted by Gasteiger charge is 2.19. The van der Waals surface area contributed by atoms with E-state index in [1.54, 1.807) is 19.4 Å². The normalized spacial score (nSPS) is 11.1. The highest BCUT2D eigenvalue weighted by atomic mass is 32.1. The van der Waals surface area contributed by atoms with Gasteiger partial charge in [0.05, 0.1) is 24.6 Å². The summed E-state index contributed by atoms with van der Waals surface area (Å²) in [7, 11) is 1.63. The Morgan fingerprint density at radius 1 is 1.16 bits per heavy atom. The lowest BCUT2D eigenvalue weighted by Crippen LogP contribution is -2.17. The van der Waals surface area contributed by atoms with Crippen LogP contribution in [0.3, 0.4) is 0 Å². The van der Waals surface area contributed by atoms with Crippen molar-refractivity contribution in [3.05, 3.63) is 89.1 Å². The summed E-state index contributed by atoms with van der Waals surface area (Å²) >= 11 is 1.38. The van der Waals surface area contributed by atoms with Crippen molar-refractivity contribution in [1.82, 2.24) is 9.55 Å². The standard InChI is InChI=1S/C25H21N3O3S/c1-16-6-8-17(9-7-16)14-28-21-10-11-31-23(21)13-22(28)24(29)27-25-26-20(15-32-25)18-4-3-5-19(12-18)30-2/h3-13,15H,14H2,1-2H3,(H,26,27,29). The van der Waals surface area contributed by atoms with Gasteiger partial charge in [-0.1, -0.05) is 42.0 Å². The molecule has 0 aliphatic heterocycles. The van der Waals surface area contributed by atoms with Crippen LogP contribution in [0.25, 0.3) is 22.4 Å². The van der Waals surface area contributed by atoms with Gasteiger partial charge in [0, 0.05) is 29.6 Å². The largest absolute Gasteiger partial charge is 0.497 e. The lowest BCUT2D eigenvalue weighted by atomic mass is 10.1. The summed E-state index contributed by atoms with van der Waals surface area (Å²) in [6, 6.07) is 19.6. The Morgan fingerprint density at radius 2 is 2.00 bits per heavy atom. The molecule has 3 aromatic heterocycles. The van der Waals surface area contributed by atoms with E-state index in [4.69, 9.17) is 9.15 Å². The zero-order valence-corrected chi connectivity index (χ0v) is 18.5. The second-order valence-corrected chi connectivity index (χ2v) is 8.35. The summed E-state index contributed by atoms with van der Waals surface area (Å²) in [5, 5.41) is 5.39. The minimum atomic E-state index is -0.227. The van der Waals surface area contributed by atoms with E-state index in [1.807, 2.05) is 40.3 Å². The van der Waals surface area contributed by atoms with Crippen molar-refractivity contribution >= 4 is 33.5 Å². The van der Waals surface area contributed by atoms with Crippen LogP contribution in [0.5, 0.6) is 5.75 Å². The van der Waals surface area contributed by atoms with Crippen LogP contribution in [0.15, 0.2) is 76.7 Å². The van der Waals surface area contributed by atoms with Crippen LogP contribution in [0.1, 0.15) is 21.6 Å². The Bertz CT molecular complexity index is 1400. The average molecular weight is 444 g/mol. The maximum absolute atomic E-state index is 13.2. The number of amides is 1. The Kier molecular flexibility index (Phi) is 5.25. The summed E-state index contributed by atoms with van der Waals surface area (Å²) in [5.74, 6) is 0.535. The first-order chi connectivity index (χ1) is 15.6. The van der Waals surface area contributed by atoms with Crippen molar-refractivity contribution in [3.8, 4) is 17.0 Å². The fraction of sp³-hybridized carbons (Fsp3) is 0.120. The second kappa shape index (κ2) is 8.36. The molecule has 5 aromatic rings. The molecule has 0 saturated heterocycles. The van der Waals surface area contributed by atoms with E-state index in [2.05, 4.69) is 41.5 Å². The number of hydrogen-bond donors (Lipinski definition) is 1. The van der Waals surface area contributed by atoms with Gasteiger partial charge in [-0.2, -0.15) is 0 Å². The van der Waals surface area contributed by atoms with Gasteiger partial charge in [-0.05, 0) is 24.6 Å². The van der Waals surface area contributed by atoms with Gasteiger partial charge in [0.25, 0.3) is 5.91 Å². The molecular formula is C25H21N3O3S. The molecule has 0 aliphatic rings. The number of furan rings is 1. The SMILES string of the molecule is COc1cccc(-c2csc(NC(=O)c3cc4occc4n3Cc3ccc(C)cc3)n2)c1. The van der Waals surface area contributed by atoms with E-state index < -0.39 is 0 Å². The van der Waals surface area contributed by atoms with Crippen molar-refractivity contribution in [2.24, 2.45) is 0 Å². The van der Waals surface area contributed by atoms with Crippen molar-refractivity contribution in [1.29, 1.82) is 0 Å². The number of fused-ring (bicyclic) bond motifs is 1. The Morgan fingerprint density at radius 3 is 2.81 bits per heavy atom. The fourth-order valence-corrected chi connectivity index (χ4v) is 4.33. The lowest BCUT2D eigenvalue weighted by Gasteiger charge is -2.10. The molecule has 32 heavy (non-hydrogen) atoms. The molecule has 6 nitrogen and oxygen atoms in total. The molecule has 3 heterocycles. The van der Waals surface area contributed by atoms with Crippen molar-refractivity contribution in [3.63, 3.8) is 0 Å². The summed E-state index contributed by atoms with van der Waals surface area (Å²) in [6.07, 6.45) is 1.64. The third-order valence-electron chi connectivity index (χ3n) is 5.31. The van der Waals surface area contributed by atoms with Crippen LogP contribution < -0.4 is 10.1 Å². The number of rotatable bonds is 6. The predicted molar refractivity (Wildman–Crippen MR) is 127 cm³/mol. The minimum absolute atomic E-state index is 0.227. The molecule has 0 bridgehead atoms. The number of aromatic nitrogens is 2. The average Bonchev–Trinajstić information content (AvgIpc) is 3.53. The molecule has 1 N–H and O–H groups in total. The molecule has 0 fully saturated rings. The fourth-order valence-electron chi connectivity index (χ4n) is 3.62. The van der Waals surface area contributed by atoms with E-state index in [-0.39, 0.29) is 5.91 Å². The van der Waals surface area contributed by atoms with E-state index in [9.17, 15) is 4.79 Å². The van der Waals surface area contributed by atoms with Gasteiger partial charge in [0.15, 0.2) is 10.7 Å². The molecule has 2 aromatic carbocycles. The monoisotopic (exact) mass is 443 g/mol. The highest BCUT2D eigenvalue weighted by molar-refractivity contribution is 7.14. The first kappa shape index (κ1) is 20.1. The molecule has 7 heteroatoms. The molecule has 1 amide bonds. The number of hydrogen-bond acceptors (Lipinski definition) is 5. The number of anilines is 1. The molecule has 0 saturated carbocycles. The highest BCUT2D eigenvalue weighted by Crippen LogP contribution is 2.28. The number of carbonyl (C=O) groups is 1. The molecule has 0 unspecified atom stereocenters. The molecule has 0 atom stereocenters. The molecule has 160 valence electrons. The van der Waals surface area contributed by atoms with Crippen LogP contribution in [0.4, 0.5) is 5.13 Å². The maximum Gasteiger partial charge on any atom is 0.274 e. The third kappa shape index (κ3) is 3.90. The van der Waals surface area contributed by atoms with Gasteiger partial charge in [-0.3, -0.25) is 10.1 Å². The Labute approximate surface area is 189 Å². The van der Waals surface area contributed by atoms with Gasteiger partial charge >= 0.3 is 0 Å². The topological polar surface area (TPSA) is 69.3 Å². The van der Waals surface area contributed by atoms with Gasteiger partial charge in [0.1, 0.15) is 11.4 Å². The van der Waals surface area contributed by atoms with Gasteiger partial charge < -0.3 is 13.7 Å². The maximum atomic E-state index is 13.2. The first-order valence-corrected chi connectivity index (χ1v) is 11.0. The number of benzene rings is 2. The smallest absolute Gasteiger partial charge is 0.274 e. The number of carbonyl (C=O) groups excluding carboxylic acids is 1. The number of thiazole rings is 1. The first-order valence-electron chi connectivity index (χ1n) is 10.1. The zero-order valence-electron chi connectivity index (χ0n) is 17.7.